The first kappa shape index (κ1) is 14.3. The van der Waals surface area contributed by atoms with Crippen molar-refractivity contribution in [2.75, 3.05) is 39.0 Å². The lowest BCUT2D eigenvalue weighted by Crippen LogP contribution is -2.40. The summed E-state index contributed by atoms with van der Waals surface area (Å²) in [5, 5.41) is 10.3. The highest BCUT2D eigenvalue weighted by atomic mass is 16.3. The molecular formula is C15H25N3O. The lowest BCUT2D eigenvalue weighted by Gasteiger charge is -2.29. The normalized spacial score (nSPS) is 24.1. The maximum absolute atomic E-state index is 10.3. The first-order valence-corrected chi connectivity index (χ1v) is 7.02. The number of nitrogen functional groups attached to an aromatic ring is 1. The Hall–Kier alpha value is -1.10. The van der Waals surface area contributed by atoms with Crippen molar-refractivity contribution in [1.82, 2.24) is 9.80 Å². The highest BCUT2D eigenvalue weighted by molar-refractivity contribution is 5.39. The largest absolute Gasteiger partial charge is 0.399 e. The monoisotopic (exact) mass is 263 g/mol. The maximum atomic E-state index is 10.3. The summed E-state index contributed by atoms with van der Waals surface area (Å²) in [6.07, 6.45) is 0.724. The number of nitrogens with two attached hydrogens (primary N) is 1. The predicted octanol–water partition coefficient (Wildman–Crippen LogP) is 1.33. The molecule has 106 valence electrons. The molecule has 1 aromatic rings. The van der Waals surface area contributed by atoms with E-state index in [4.69, 9.17) is 5.73 Å². The van der Waals surface area contributed by atoms with E-state index in [1.807, 2.05) is 24.3 Å². The molecule has 2 atom stereocenters. The van der Waals surface area contributed by atoms with Crippen molar-refractivity contribution in [3.05, 3.63) is 29.8 Å². The van der Waals surface area contributed by atoms with E-state index < -0.39 is 6.10 Å². The second kappa shape index (κ2) is 6.37. The van der Waals surface area contributed by atoms with Gasteiger partial charge in [0.25, 0.3) is 0 Å². The van der Waals surface area contributed by atoms with Crippen LogP contribution in [0.25, 0.3) is 0 Å². The van der Waals surface area contributed by atoms with Crippen LogP contribution < -0.4 is 5.73 Å². The molecule has 3 N–H and O–H groups in total. The minimum atomic E-state index is -0.438. The van der Waals surface area contributed by atoms with Crippen LogP contribution in [-0.2, 0) is 0 Å². The highest BCUT2D eigenvalue weighted by Crippen LogP contribution is 2.18. The minimum absolute atomic E-state index is 0.438. The molecule has 0 spiro atoms. The Morgan fingerprint density at radius 2 is 2.00 bits per heavy atom. The fourth-order valence-electron chi connectivity index (χ4n) is 2.74. The number of likely N-dealkylation sites (N-methyl/N-ethyl adjacent to an activating group) is 1. The average molecular weight is 263 g/mol. The van der Waals surface area contributed by atoms with Gasteiger partial charge in [-0.25, -0.2) is 0 Å². The molecule has 2 unspecified atom stereocenters. The van der Waals surface area contributed by atoms with Crippen molar-refractivity contribution in [3.63, 3.8) is 0 Å². The SMILES string of the molecule is CC1CN(C)CCCN1CC(O)c1ccc(N)cc1. The Kier molecular flexibility index (Phi) is 4.80. The third-order valence-corrected chi connectivity index (χ3v) is 3.91. The van der Waals surface area contributed by atoms with Crippen LogP contribution in [0.1, 0.15) is 25.0 Å². The summed E-state index contributed by atoms with van der Waals surface area (Å²) < 4.78 is 0. The first-order chi connectivity index (χ1) is 9.06. The lowest BCUT2D eigenvalue weighted by molar-refractivity contribution is 0.0920. The summed E-state index contributed by atoms with van der Waals surface area (Å²) in [6, 6.07) is 8.00. The summed E-state index contributed by atoms with van der Waals surface area (Å²) >= 11 is 0. The van der Waals surface area contributed by atoms with Gasteiger partial charge in [0.05, 0.1) is 6.10 Å². The van der Waals surface area contributed by atoms with Crippen LogP contribution >= 0.6 is 0 Å². The number of hydrogen-bond donors (Lipinski definition) is 2. The molecule has 0 radical (unpaired) electrons. The van der Waals surface area contributed by atoms with E-state index in [-0.39, 0.29) is 0 Å². The molecule has 1 aliphatic rings. The zero-order valence-corrected chi connectivity index (χ0v) is 11.9. The van der Waals surface area contributed by atoms with Gasteiger partial charge in [-0.05, 0) is 51.2 Å². The predicted molar refractivity (Wildman–Crippen MR) is 79.0 cm³/mol. The number of aliphatic hydroxyl groups excluding tert-OH is 1. The van der Waals surface area contributed by atoms with Gasteiger partial charge in [-0.15, -0.1) is 0 Å². The molecule has 1 saturated heterocycles. The van der Waals surface area contributed by atoms with Crippen LogP contribution in [0.2, 0.25) is 0 Å². The average Bonchev–Trinajstić information content (AvgIpc) is 2.52. The fraction of sp³-hybridized carbons (Fsp3) is 0.600. The van der Waals surface area contributed by atoms with E-state index in [0.717, 1.165) is 37.3 Å². The van der Waals surface area contributed by atoms with E-state index in [0.29, 0.717) is 12.6 Å². The van der Waals surface area contributed by atoms with Gasteiger partial charge in [0, 0.05) is 24.8 Å². The van der Waals surface area contributed by atoms with Gasteiger partial charge >= 0.3 is 0 Å². The number of rotatable bonds is 3. The van der Waals surface area contributed by atoms with Crippen molar-refractivity contribution in [1.29, 1.82) is 0 Å². The molecule has 2 rings (SSSR count). The molecule has 1 aromatic carbocycles. The van der Waals surface area contributed by atoms with Gasteiger partial charge < -0.3 is 15.7 Å². The molecule has 1 fully saturated rings. The Morgan fingerprint density at radius 1 is 1.32 bits per heavy atom. The zero-order chi connectivity index (χ0) is 13.8. The van der Waals surface area contributed by atoms with E-state index in [9.17, 15) is 5.11 Å². The van der Waals surface area contributed by atoms with Gasteiger partial charge in [-0.1, -0.05) is 12.1 Å². The molecule has 4 heteroatoms. The molecule has 19 heavy (non-hydrogen) atoms. The molecule has 4 nitrogen and oxygen atoms in total. The van der Waals surface area contributed by atoms with Crippen LogP contribution in [0, 0.1) is 0 Å². The van der Waals surface area contributed by atoms with Gasteiger partial charge in [-0.2, -0.15) is 0 Å². The molecule has 0 aromatic heterocycles. The number of hydrogen-bond acceptors (Lipinski definition) is 4. The summed E-state index contributed by atoms with van der Waals surface area (Å²) in [4.78, 5) is 4.74. The third kappa shape index (κ3) is 3.93. The number of β-amino-alcohol motifs (C(OH)–C–C–N with tert-alkyl or cyclic N) is 1. The maximum Gasteiger partial charge on any atom is 0.0917 e. The van der Waals surface area contributed by atoms with Crippen molar-refractivity contribution in [3.8, 4) is 0 Å². The van der Waals surface area contributed by atoms with Crippen LogP contribution in [0.3, 0.4) is 0 Å². The number of nitrogens with zero attached hydrogens (tertiary/aromatic N) is 2. The lowest BCUT2D eigenvalue weighted by atomic mass is 10.1. The van der Waals surface area contributed by atoms with Gasteiger partial charge in [0.15, 0.2) is 0 Å². The second-order valence-electron chi connectivity index (χ2n) is 5.64. The van der Waals surface area contributed by atoms with Crippen molar-refractivity contribution >= 4 is 5.69 Å². The number of aliphatic hydroxyl groups is 1. The Labute approximate surface area is 115 Å². The van der Waals surface area contributed by atoms with Gasteiger partial charge in [-0.3, -0.25) is 4.90 Å². The molecule has 0 amide bonds. The standard InChI is InChI=1S/C15H25N3O/c1-12-10-17(2)8-3-9-18(12)11-15(19)13-4-6-14(16)7-5-13/h4-7,12,15,19H,3,8-11,16H2,1-2H3. The molecule has 0 saturated carbocycles. The van der Waals surface area contributed by atoms with Crippen LogP contribution in [0.15, 0.2) is 24.3 Å². The molecule has 1 aliphatic heterocycles. The smallest absolute Gasteiger partial charge is 0.0917 e. The molecular weight excluding hydrogens is 238 g/mol. The molecule has 0 aliphatic carbocycles. The van der Waals surface area contributed by atoms with Crippen LogP contribution in [0.4, 0.5) is 5.69 Å². The summed E-state index contributed by atoms with van der Waals surface area (Å²) in [5.74, 6) is 0. The van der Waals surface area contributed by atoms with E-state index in [2.05, 4.69) is 23.8 Å². The van der Waals surface area contributed by atoms with Crippen LogP contribution in [0.5, 0.6) is 0 Å². The molecule has 1 heterocycles. The minimum Gasteiger partial charge on any atom is -0.399 e. The first-order valence-electron chi connectivity index (χ1n) is 7.02. The van der Waals surface area contributed by atoms with Crippen molar-refractivity contribution in [2.24, 2.45) is 0 Å². The summed E-state index contributed by atoms with van der Waals surface area (Å²) in [6.45, 7) is 6.18. The number of benzene rings is 1. The van der Waals surface area contributed by atoms with Gasteiger partial charge in [0.1, 0.15) is 0 Å². The Balaban J connectivity index is 1.97. The van der Waals surface area contributed by atoms with Crippen LogP contribution in [-0.4, -0.2) is 54.2 Å². The second-order valence-corrected chi connectivity index (χ2v) is 5.64. The Morgan fingerprint density at radius 3 is 2.68 bits per heavy atom. The quantitative estimate of drug-likeness (QED) is 0.808. The Bertz CT molecular complexity index is 393. The van der Waals surface area contributed by atoms with E-state index >= 15 is 0 Å². The molecule has 0 bridgehead atoms. The third-order valence-electron chi connectivity index (χ3n) is 3.91. The summed E-state index contributed by atoms with van der Waals surface area (Å²) in [7, 11) is 2.16. The topological polar surface area (TPSA) is 52.7 Å². The highest BCUT2D eigenvalue weighted by Gasteiger charge is 2.22. The zero-order valence-electron chi connectivity index (χ0n) is 11.9. The van der Waals surface area contributed by atoms with E-state index in [1.165, 1.54) is 0 Å². The fourth-order valence-corrected chi connectivity index (χ4v) is 2.74. The number of anilines is 1. The van der Waals surface area contributed by atoms with E-state index in [1.54, 1.807) is 0 Å². The van der Waals surface area contributed by atoms with Crippen molar-refractivity contribution in [2.45, 2.75) is 25.5 Å². The van der Waals surface area contributed by atoms with Gasteiger partial charge in [0.2, 0.25) is 0 Å². The van der Waals surface area contributed by atoms with Crippen molar-refractivity contribution < 1.29 is 5.11 Å². The summed E-state index contributed by atoms with van der Waals surface area (Å²) in [5.41, 5.74) is 7.35.